The maximum Gasteiger partial charge on any atom is 0.240 e. The number of hydrogen-bond donors (Lipinski definition) is 1. The molecule has 5 heteroatoms. The lowest BCUT2D eigenvalue weighted by atomic mass is 9.97. The third kappa shape index (κ3) is 2.77. The van der Waals surface area contributed by atoms with Crippen LogP contribution in [0.1, 0.15) is 30.5 Å². The fourth-order valence-electron chi connectivity index (χ4n) is 2.82. The molecule has 1 unspecified atom stereocenters. The van der Waals surface area contributed by atoms with Gasteiger partial charge in [0, 0.05) is 18.9 Å². The molecule has 2 aromatic carbocycles. The van der Waals surface area contributed by atoms with Crippen molar-refractivity contribution in [1.29, 1.82) is 0 Å². The molecule has 5 nitrogen and oxygen atoms in total. The van der Waals surface area contributed by atoms with Gasteiger partial charge in [-0.3, -0.25) is 4.79 Å². The van der Waals surface area contributed by atoms with Gasteiger partial charge in [0.2, 0.25) is 5.91 Å². The minimum absolute atomic E-state index is 0.0516. The van der Waals surface area contributed by atoms with E-state index >= 15 is 0 Å². The highest BCUT2D eigenvalue weighted by Crippen LogP contribution is 2.40. The third-order valence-corrected chi connectivity index (χ3v) is 3.95. The predicted octanol–water partition coefficient (Wildman–Crippen LogP) is 3.10. The molecule has 0 saturated heterocycles. The van der Waals surface area contributed by atoms with E-state index in [1.807, 2.05) is 30.3 Å². The first-order valence-corrected chi connectivity index (χ1v) is 7.40. The third-order valence-electron chi connectivity index (χ3n) is 3.95. The zero-order chi connectivity index (χ0) is 16.4. The zero-order valence-electron chi connectivity index (χ0n) is 13.1. The van der Waals surface area contributed by atoms with Gasteiger partial charge in [-0.1, -0.05) is 42.5 Å². The molecule has 1 aliphatic heterocycles. The van der Waals surface area contributed by atoms with Crippen LogP contribution in [0.3, 0.4) is 0 Å². The zero-order valence-corrected chi connectivity index (χ0v) is 13.1. The Balaban J connectivity index is 1.99. The van der Waals surface area contributed by atoms with Crippen molar-refractivity contribution in [2.45, 2.75) is 19.4 Å². The number of aromatic hydroxyl groups is 1. The molecule has 2 aromatic rings. The monoisotopic (exact) mass is 310 g/mol. The second kappa shape index (κ2) is 6.12. The molecule has 1 heterocycles. The number of carbonyl (C=O) groups is 1. The fourth-order valence-corrected chi connectivity index (χ4v) is 2.82. The second-order valence-electron chi connectivity index (χ2n) is 5.39. The van der Waals surface area contributed by atoms with Crippen LogP contribution in [-0.4, -0.2) is 28.8 Å². The van der Waals surface area contributed by atoms with Crippen molar-refractivity contribution in [3.63, 3.8) is 0 Å². The molecule has 0 fully saturated rings. The number of phenolic OH excluding ortho intramolecular Hbond substituents is 1. The van der Waals surface area contributed by atoms with Gasteiger partial charge in [-0.25, -0.2) is 5.01 Å². The number of nitrogens with zero attached hydrogens (tertiary/aromatic N) is 2. The van der Waals surface area contributed by atoms with Crippen LogP contribution in [-0.2, 0) is 4.79 Å². The van der Waals surface area contributed by atoms with Crippen molar-refractivity contribution in [2.24, 2.45) is 5.10 Å². The van der Waals surface area contributed by atoms with Crippen LogP contribution in [0.2, 0.25) is 0 Å². The number of amides is 1. The number of para-hydroxylation sites is 1. The number of rotatable bonds is 3. The highest BCUT2D eigenvalue weighted by Gasteiger charge is 2.33. The Morgan fingerprint density at radius 2 is 1.96 bits per heavy atom. The van der Waals surface area contributed by atoms with Crippen molar-refractivity contribution in [2.75, 3.05) is 7.11 Å². The van der Waals surface area contributed by atoms with Gasteiger partial charge in [0.1, 0.15) is 0 Å². The SMILES string of the molecule is COc1cccc(C2CC(c3ccccc3)=NN2C(C)=O)c1O. The molecular weight excluding hydrogens is 292 g/mol. The molecule has 3 rings (SSSR count). The van der Waals surface area contributed by atoms with Crippen LogP contribution in [0.4, 0.5) is 0 Å². The number of phenols is 1. The first kappa shape index (κ1) is 15.1. The lowest BCUT2D eigenvalue weighted by Gasteiger charge is -2.22. The van der Waals surface area contributed by atoms with E-state index in [0.29, 0.717) is 17.7 Å². The van der Waals surface area contributed by atoms with Crippen molar-refractivity contribution in [3.05, 3.63) is 59.7 Å². The van der Waals surface area contributed by atoms with Gasteiger partial charge >= 0.3 is 0 Å². The fraction of sp³-hybridized carbons (Fsp3) is 0.222. The summed E-state index contributed by atoms with van der Waals surface area (Å²) >= 11 is 0. The van der Waals surface area contributed by atoms with E-state index in [0.717, 1.165) is 11.3 Å². The van der Waals surface area contributed by atoms with Gasteiger partial charge in [0.05, 0.1) is 18.9 Å². The molecule has 1 N–H and O–H groups in total. The standard InChI is InChI=1S/C18H18N2O3/c1-12(21)20-16(14-9-6-10-17(23-2)18(14)22)11-15(19-20)13-7-4-3-5-8-13/h3-10,16,22H,11H2,1-2H3. The highest BCUT2D eigenvalue weighted by atomic mass is 16.5. The van der Waals surface area contributed by atoms with Crippen LogP contribution in [0.25, 0.3) is 0 Å². The number of benzene rings is 2. The summed E-state index contributed by atoms with van der Waals surface area (Å²) in [6, 6.07) is 14.7. The minimum atomic E-state index is -0.335. The topological polar surface area (TPSA) is 62.1 Å². The maximum absolute atomic E-state index is 12.0. The number of methoxy groups -OCH3 is 1. The molecule has 0 bridgehead atoms. The summed E-state index contributed by atoms with van der Waals surface area (Å²) in [5.74, 6) is 0.276. The van der Waals surface area contributed by atoms with E-state index in [2.05, 4.69) is 5.10 Å². The number of carbonyl (C=O) groups excluding carboxylic acids is 1. The van der Waals surface area contributed by atoms with Crippen molar-refractivity contribution < 1.29 is 14.6 Å². The van der Waals surface area contributed by atoms with Gasteiger partial charge in [-0.15, -0.1) is 0 Å². The summed E-state index contributed by atoms with van der Waals surface area (Å²) in [4.78, 5) is 12.0. The summed E-state index contributed by atoms with van der Waals surface area (Å²) in [5, 5.41) is 16.3. The predicted molar refractivity (Wildman–Crippen MR) is 87.5 cm³/mol. The molecule has 0 saturated carbocycles. The van der Waals surface area contributed by atoms with Gasteiger partial charge in [0.15, 0.2) is 11.5 Å². The number of ether oxygens (including phenoxy) is 1. The largest absolute Gasteiger partial charge is 0.504 e. The quantitative estimate of drug-likeness (QED) is 0.947. The Labute approximate surface area is 134 Å². The van der Waals surface area contributed by atoms with Crippen molar-refractivity contribution in [1.82, 2.24) is 5.01 Å². The average Bonchev–Trinajstić information content (AvgIpc) is 3.01. The van der Waals surface area contributed by atoms with Crippen LogP contribution in [0.5, 0.6) is 11.5 Å². The van der Waals surface area contributed by atoms with Crippen molar-refractivity contribution >= 4 is 11.6 Å². The van der Waals surface area contributed by atoms with Crippen LogP contribution in [0, 0.1) is 0 Å². The highest BCUT2D eigenvalue weighted by molar-refractivity contribution is 6.03. The van der Waals surface area contributed by atoms with E-state index in [1.165, 1.54) is 19.0 Å². The molecule has 0 radical (unpaired) electrons. The van der Waals surface area contributed by atoms with Crippen LogP contribution in [0.15, 0.2) is 53.6 Å². The van der Waals surface area contributed by atoms with E-state index in [1.54, 1.807) is 18.2 Å². The molecular formula is C18H18N2O3. The summed E-state index contributed by atoms with van der Waals surface area (Å²) < 4.78 is 5.16. The van der Waals surface area contributed by atoms with E-state index in [4.69, 9.17) is 4.74 Å². The van der Waals surface area contributed by atoms with Gasteiger partial charge in [0.25, 0.3) is 0 Å². The molecule has 23 heavy (non-hydrogen) atoms. The summed E-state index contributed by atoms with van der Waals surface area (Å²) in [5.41, 5.74) is 2.44. The Morgan fingerprint density at radius 1 is 1.22 bits per heavy atom. The molecule has 1 aliphatic rings. The van der Waals surface area contributed by atoms with Gasteiger partial charge in [-0.2, -0.15) is 5.10 Å². The van der Waals surface area contributed by atoms with Gasteiger partial charge in [-0.05, 0) is 11.6 Å². The Kier molecular flexibility index (Phi) is 4.02. The maximum atomic E-state index is 12.0. The average molecular weight is 310 g/mol. The first-order chi connectivity index (χ1) is 11.1. The lowest BCUT2D eigenvalue weighted by Crippen LogP contribution is -2.24. The van der Waals surface area contributed by atoms with Gasteiger partial charge < -0.3 is 9.84 Å². The smallest absolute Gasteiger partial charge is 0.240 e. The van der Waals surface area contributed by atoms with E-state index < -0.39 is 0 Å². The molecule has 0 aliphatic carbocycles. The van der Waals surface area contributed by atoms with Crippen LogP contribution < -0.4 is 4.74 Å². The van der Waals surface area contributed by atoms with E-state index in [9.17, 15) is 9.90 Å². The number of hydrazone groups is 1. The second-order valence-corrected chi connectivity index (χ2v) is 5.39. The molecule has 0 spiro atoms. The molecule has 1 amide bonds. The van der Waals surface area contributed by atoms with Crippen molar-refractivity contribution in [3.8, 4) is 11.5 Å². The molecule has 118 valence electrons. The lowest BCUT2D eigenvalue weighted by molar-refractivity contribution is -0.130. The summed E-state index contributed by atoms with van der Waals surface area (Å²) in [6.07, 6.45) is 0.546. The Morgan fingerprint density at radius 3 is 2.61 bits per heavy atom. The summed E-state index contributed by atoms with van der Waals surface area (Å²) in [7, 11) is 1.50. The summed E-state index contributed by atoms with van der Waals surface area (Å²) in [6.45, 7) is 1.47. The Bertz CT molecular complexity index is 756. The van der Waals surface area contributed by atoms with E-state index in [-0.39, 0.29) is 17.7 Å². The molecule has 0 aromatic heterocycles. The Hall–Kier alpha value is -2.82. The number of hydrogen-bond acceptors (Lipinski definition) is 4. The minimum Gasteiger partial charge on any atom is -0.504 e. The first-order valence-electron chi connectivity index (χ1n) is 7.40. The molecule has 1 atom stereocenters. The normalized spacial score (nSPS) is 17.0. The van der Waals surface area contributed by atoms with Crippen LogP contribution >= 0.6 is 0 Å².